The van der Waals surface area contributed by atoms with Crippen molar-refractivity contribution in [3.63, 3.8) is 0 Å². The van der Waals surface area contributed by atoms with Gasteiger partial charge in [-0.25, -0.2) is 15.0 Å². The number of amides is 1. The van der Waals surface area contributed by atoms with Crippen LogP contribution in [-0.2, 0) is 9.53 Å². The third-order valence-corrected chi connectivity index (χ3v) is 5.28. The summed E-state index contributed by atoms with van der Waals surface area (Å²) in [6, 6.07) is -1.53. The van der Waals surface area contributed by atoms with E-state index in [1.165, 1.54) is 24.4 Å². The summed E-state index contributed by atoms with van der Waals surface area (Å²) in [7, 11) is 3.68. The van der Waals surface area contributed by atoms with E-state index in [1.54, 1.807) is 9.47 Å². The molecule has 2 aromatic heterocycles. The normalized spacial score (nSPS) is 25.8. The first-order valence-electron chi connectivity index (χ1n) is 8.73. The lowest BCUT2D eigenvalue weighted by Gasteiger charge is -2.22. The number of nitrogens with one attached hydrogen (secondary N) is 1. The van der Waals surface area contributed by atoms with Crippen molar-refractivity contribution in [3.05, 3.63) is 12.7 Å². The number of nitrogens with two attached hydrogens (primary N) is 1. The minimum atomic E-state index is -1.13. The van der Waals surface area contributed by atoms with Crippen molar-refractivity contribution in [1.82, 2.24) is 24.8 Å². The van der Waals surface area contributed by atoms with E-state index >= 15 is 0 Å². The summed E-state index contributed by atoms with van der Waals surface area (Å²) >= 11 is 1.45. The molecule has 0 saturated carbocycles. The third kappa shape index (κ3) is 3.78. The Labute approximate surface area is 166 Å². The SMILES string of the molecule is CSCC(N)C(=O)NC1C(CO)OC(n2cnc3c(N(C)C)ncnc32)C1O. The maximum atomic E-state index is 12.3. The van der Waals surface area contributed by atoms with Crippen molar-refractivity contribution in [2.75, 3.05) is 37.6 Å². The number of aromatic nitrogens is 4. The number of fused-ring (bicyclic) bond motifs is 1. The van der Waals surface area contributed by atoms with Crippen LogP contribution < -0.4 is 16.0 Å². The molecule has 1 aliphatic heterocycles. The summed E-state index contributed by atoms with van der Waals surface area (Å²) in [5.74, 6) is 0.663. The number of imidazole rings is 1. The van der Waals surface area contributed by atoms with Gasteiger partial charge in [0.1, 0.15) is 18.5 Å². The van der Waals surface area contributed by atoms with Crippen LogP contribution in [0.25, 0.3) is 11.2 Å². The highest BCUT2D eigenvalue weighted by Gasteiger charge is 2.46. The molecule has 0 bridgehead atoms. The zero-order chi connectivity index (χ0) is 20.4. The van der Waals surface area contributed by atoms with Crippen LogP contribution >= 0.6 is 11.8 Å². The predicted octanol–water partition coefficient (Wildman–Crippen LogP) is -1.68. The van der Waals surface area contributed by atoms with Crippen LogP contribution in [0.15, 0.2) is 12.7 Å². The van der Waals surface area contributed by atoms with Crippen molar-refractivity contribution in [2.24, 2.45) is 5.73 Å². The molecule has 2 aromatic rings. The molecule has 11 nitrogen and oxygen atoms in total. The van der Waals surface area contributed by atoms with Gasteiger partial charge in [0, 0.05) is 19.8 Å². The van der Waals surface area contributed by atoms with Gasteiger partial charge >= 0.3 is 0 Å². The average Bonchev–Trinajstić information content (AvgIpc) is 3.23. The summed E-state index contributed by atoms with van der Waals surface area (Å²) in [4.78, 5) is 26.9. The molecule has 1 amide bonds. The molecule has 12 heteroatoms. The van der Waals surface area contributed by atoms with Crippen molar-refractivity contribution >= 4 is 34.7 Å². The first-order valence-corrected chi connectivity index (χ1v) is 10.1. The second-order valence-electron chi connectivity index (χ2n) is 6.75. The van der Waals surface area contributed by atoms with Gasteiger partial charge in [-0.1, -0.05) is 0 Å². The number of anilines is 1. The van der Waals surface area contributed by atoms with E-state index in [-0.39, 0.29) is 6.61 Å². The number of aliphatic hydroxyl groups is 2. The molecular formula is C16H25N7O4S. The number of ether oxygens (including phenoxy) is 1. The monoisotopic (exact) mass is 411 g/mol. The van der Waals surface area contributed by atoms with Crippen molar-refractivity contribution in [3.8, 4) is 0 Å². The van der Waals surface area contributed by atoms with Crippen molar-refractivity contribution < 1.29 is 19.7 Å². The summed E-state index contributed by atoms with van der Waals surface area (Å²) in [5, 5.41) is 23.2. The Morgan fingerprint density at radius 1 is 1.46 bits per heavy atom. The fourth-order valence-electron chi connectivity index (χ4n) is 3.19. The lowest BCUT2D eigenvalue weighted by molar-refractivity contribution is -0.123. The largest absolute Gasteiger partial charge is 0.394 e. The zero-order valence-corrected chi connectivity index (χ0v) is 16.7. The van der Waals surface area contributed by atoms with Crippen LogP contribution in [0.4, 0.5) is 5.82 Å². The van der Waals surface area contributed by atoms with Gasteiger partial charge in [-0.15, -0.1) is 0 Å². The number of aliphatic hydroxyl groups excluding tert-OH is 2. The summed E-state index contributed by atoms with van der Waals surface area (Å²) in [6.07, 6.45) is 1.95. The van der Waals surface area contributed by atoms with E-state index in [0.29, 0.717) is 22.7 Å². The zero-order valence-electron chi connectivity index (χ0n) is 15.9. The molecule has 0 spiro atoms. The molecule has 28 heavy (non-hydrogen) atoms. The first kappa shape index (κ1) is 20.7. The van der Waals surface area contributed by atoms with Crippen LogP contribution in [0, 0.1) is 0 Å². The second kappa shape index (κ2) is 8.57. The molecule has 3 heterocycles. The molecule has 1 fully saturated rings. The van der Waals surface area contributed by atoms with Gasteiger partial charge in [-0.2, -0.15) is 11.8 Å². The lowest BCUT2D eigenvalue weighted by Crippen LogP contribution is -2.53. The minimum Gasteiger partial charge on any atom is -0.394 e. The Bertz CT molecular complexity index is 832. The van der Waals surface area contributed by atoms with Gasteiger partial charge in [0.15, 0.2) is 23.2 Å². The summed E-state index contributed by atoms with van der Waals surface area (Å²) in [6.45, 7) is -0.374. The maximum absolute atomic E-state index is 12.3. The molecule has 5 N–H and O–H groups in total. The fourth-order valence-corrected chi connectivity index (χ4v) is 3.70. The predicted molar refractivity (Wildman–Crippen MR) is 105 cm³/mol. The number of thioether (sulfide) groups is 1. The van der Waals surface area contributed by atoms with E-state index in [0.717, 1.165) is 0 Å². The van der Waals surface area contributed by atoms with E-state index in [4.69, 9.17) is 10.5 Å². The number of hydrogen-bond acceptors (Lipinski definition) is 10. The van der Waals surface area contributed by atoms with Gasteiger partial charge in [-0.3, -0.25) is 9.36 Å². The number of rotatable bonds is 7. The van der Waals surface area contributed by atoms with Crippen LogP contribution in [0.5, 0.6) is 0 Å². The first-order chi connectivity index (χ1) is 13.4. The maximum Gasteiger partial charge on any atom is 0.238 e. The number of carbonyl (C=O) groups is 1. The topological polar surface area (TPSA) is 152 Å². The van der Waals surface area contributed by atoms with Crippen LogP contribution in [0.1, 0.15) is 6.23 Å². The Balaban J connectivity index is 1.87. The standard InChI is InChI=1S/C16H25N7O4S/c1-22(2)13-11-14(19-6-18-13)23(7-20-11)16-12(25)10(9(4-24)27-16)21-15(26)8(17)5-28-3/h6-10,12,16,24-25H,4-5,17H2,1-3H3,(H,21,26). The molecular weight excluding hydrogens is 386 g/mol. The fraction of sp³-hybridized carbons (Fsp3) is 0.625. The number of carbonyl (C=O) groups excluding carboxylic acids is 1. The highest BCUT2D eigenvalue weighted by Crippen LogP contribution is 2.32. The average molecular weight is 411 g/mol. The minimum absolute atomic E-state index is 0.374. The molecule has 0 aromatic carbocycles. The highest BCUT2D eigenvalue weighted by atomic mass is 32.2. The van der Waals surface area contributed by atoms with Crippen molar-refractivity contribution in [2.45, 2.75) is 30.5 Å². The van der Waals surface area contributed by atoms with Crippen LogP contribution in [0.3, 0.4) is 0 Å². The van der Waals surface area contributed by atoms with E-state index in [9.17, 15) is 15.0 Å². The molecule has 3 rings (SSSR count). The van der Waals surface area contributed by atoms with Crippen LogP contribution in [-0.4, -0.2) is 92.6 Å². The van der Waals surface area contributed by atoms with Gasteiger partial charge in [0.05, 0.1) is 25.0 Å². The van der Waals surface area contributed by atoms with Gasteiger partial charge in [0.25, 0.3) is 0 Å². The lowest BCUT2D eigenvalue weighted by atomic mass is 10.1. The van der Waals surface area contributed by atoms with Gasteiger partial charge < -0.3 is 30.9 Å². The van der Waals surface area contributed by atoms with Gasteiger partial charge in [0.2, 0.25) is 5.91 Å². The number of hydrogen-bond donors (Lipinski definition) is 4. The molecule has 1 saturated heterocycles. The Morgan fingerprint density at radius 3 is 2.86 bits per heavy atom. The Kier molecular flexibility index (Phi) is 6.35. The highest BCUT2D eigenvalue weighted by molar-refractivity contribution is 7.98. The molecule has 0 radical (unpaired) electrons. The van der Waals surface area contributed by atoms with E-state index in [2.05, 4.69) is 20.3 Å². The molecule has 5 unspecified atom stereocenters. The third-order valence-electron chi connectivity index (χ3n) is 4.58. The second-order valence-corrected chi connectivity index (χ2v) is 7.66. The molecule has 154 valence electrons. The summed E-state index contributed by atoms with van der Waals surface area (Å²) < 4.78 is 7.39. The summed E-state index contributed by atoms with van der Waals surface area (Å²) in [5.41, 5.74) is 6.86. The van der Waals surface area contributed by atoms with Crippen molar-refractivity contribution in [1.29, 1.82) is 0 Å². The Hall–Kier alpha value is -1.99. The Morgan fingerprint density at radius 2 is 2.21 bits per heavy atom. The molecule has 1 aliphatic rings. The smallest absolute Gasteiger partial charge is 0.238 e. The van der Waals surface area contributed by atoms with Gasteiger partial charge in [-0.05, 0) is 6.26 Å². The van der Waals surface area contributed by atoms with E-state index < -0.39 is 36.4 Å². The van der Waals surface area contributed by atoms with E-state index in [1.807, 2.05) is 20.4 Å². The molecule has 5 atom stereocenters. The molecule has 0 aliphatic carbocycles. The number of nitrogens with zero attached hydrogens (tertiary/aromatic N) is 5. The quantitative estimate of drug-likeness (QED) is 0.416. The van der Waals surface area contributed by atoms with Crippen LogP contribution in [0.2, 0.25) is 0 Å².